The molecule has 4 aromatic heterocycles. The third-order valence-corrected chi connectivity index (χ3v) is 6.70. The smallest absolute Gasteiger partial charge is 0.260 e. The zero-order valence-corrected chi connectivity index (χ0v) is 19.4. The molecule has 2 N–H and O–H groups in total. The number of aromatic nitrogens is 3. The number of hydrogen-bond acceptors (Lipinski definition) is 7. The molecule has 4 aromatic rings. The van der Waals surface area contributed by atoms with E-state index < -0.39 is 0 Å². The van der Waals surface area contributed by atoms with E-state index in [-0.39, 0.29) is 17.2 Å². The molecule has 10 heteroatoms. The second kappa shape index (κ2) is 8.13. The highest BCUT2D eigenvalue weighted by Gasteiger charge is 2.34. The number of nitrogens with zero attached hydrogens (tertiary/aromatic N) is 4. The van der Waals surface area contributed by atoms with Crippen LogP contribution in [-0.2, 0) is 4.79 Å². The Bertz CT molecular complexity index is 1330. The monoisotopic (exact) mass is 464 g/mol. The molecule has 1 aliphatic heterocycles. The van der Waals surface area contributed by atoms with Crippen molar-refractivity contribution in [2.75, 3.05) is 30.3 Å². The summed E-state index contributed by atoms with van der Waals surface area (Å²) in [6, 6.07) is 3.59. The summed E-state index contributed by atoms with van der Waals surface area (Å²) in [7, 11) is 0. The van der Waals surface area contributed by atoms with Gasteiger partial charge in [0.25, 0.3) is 5.91 Å². The fourth-order valence-corrected chi connectivity index (χ4v) is 5.12. The number of carbonyl (C=O) groups excluding carboxylic acids is 2. The van der Waals surface area contributed by atoms with Crippen LogP contribution in [0.15, 0.2) is 47.7 Å². The van der Waals surface area contributed by atoms with Crippen molar-refractivity contribution in [1.82, 2.24) is 19.5 Å². The number of nitrogens with one attached hydrogen (secondary N) is 2. The van der Waals surface area contributed by atoms with Gasteiger partial charge in [-0.3, -0.25) is 19.5 Å². The predicted octanol–water partition coefficient (Wildman–Crippen LogP) is 3.89. The van der Waals surface area contributed by atoms with Crippen molar-refractivity contribution in [2.45, 2.75) is 20.8 Å². The van der Waals surface area contributed by atoms with Gasteiger partial charge < -0.3 is 15.1 Å². The lowest BCUT2D eigenvalue weighted by atomic mass is 9.84. The summed E-state index contributed by atoms with van der Waals surface area (Å²) < 4.78 is 6.83. The molecular formula is C23H24N6O3S. The third kappa shape index (κ3) is 4.39. The molecule has 0 aromatic carbocycles. The number of pyridine rings is 1. The number of carbonyl (C=O) groups is 2. The number of anilines is 2. The van der Waals surface area contributed by atoms with Gasteiger partial charge in [-0.2, -0.15) is 5.10 Å². The summed E-state index contributed by atoms with van der Waals surface area (Å²) in [5, 5.41) is 10.1. The van der Waals surface area contributed by atoms with Gasteiger partial charge in [0.05, 0.1) is 59.0 Å². The first kappa shape index (κ1) is 21.4. The van der Waals surface area contributed by atoms with Gasteiger partial charge in [-0.25, -0.2) is 4.52 Å². The molecule has 170 valence electrons. The fourth-order valence-electron chi connectivity index (χ4n) is 4.08. The number of likely N-dealkylation sites (tertiary alicyclic amines) is 1. The number of furan rings is 1. The molecule has 1 saturated heterocycles. The average molecular weight is 465 g/mol. The van der Waals surface area contributed by atoms with Gasteiger partial charge in [0.1, 0.15) is 4.83 Å². The normalized spacial score (nSPS) is 15.4. The molecule has 0 aliphatic carbocycles. The third-order valence-electron chi connectivity index (χ3n) is 5.54. The highest BCUT2D eigenvalue weighted by atomic mass is 32.1. The Morgan fingerprint density at radius 2 is 2.06 bits per heavy atom. The van der Waals surface area contributed by atoms with Crippen LogP contribution in [0.5, 0.6) is 0 Å². The molecule has 0 spiro atoms. The summed E-state index contributed by atoms with van der Waals surface area (Å²) in [4.78, 5) is 33.5. The summed E-state index contributed by atoms with van der Waals surface area (Å²) in [6.07, 6.45) is 8.27. The van der Waals surface area contributed by atoms with E-state index >= 15 is 0 Å². The predicted molar refractivity (Wildman–Crippen MR) is 127 cm³/mol. The molecule has 33 heavy (non-hydrogen) atoms. The summed E-state index contributed by atoms with van der Waals surface area (Å²) in [5.41, 5.74) is 3.39. The number of fused-ring (bicyclic) bond motifs is 1. The van der Waals surface area contributed by atoms with E-state index in [9.17, 15) is 9.59 Å². The van der Waals surface area contributed by atoms with Crippen molar-refractivity contribution in [3.8, 4) is 10.4 Å². The van der Waals surface area contributed by atoms with Gasteiger partial charge in [-0.05, 0) is 24.5 Å². The summed E-state index contributed by atoms with van der Waals surface area (Å²) in [5.74, 6) is -0.390. The highest BCUT2D eigenvalue weighted by molar-refractivity contribution is 7.21. The molecule has 5 heterocycles. The van der Waals surface area contributed by atoms with E-state index in [4.69, 9.17) is 4.42 Å². The SMILES string of the molecule is Cc1ncc(NC(=O)CN2CC(C)(C)C2)cc1NC(=O)c1cnn2cc(-c3ccoc3)sc12. The maximum atomic E-state index is 13.0. The van der Waals surface area contributed by atoms with Gasteiger partial charge >= 0.3 is 0 Å². The van der Waals surface area contributed by atoms with Crippen molar-refractivity contribution in [2.24, 2.45) is 5.41 Å². The first-order valence-electron chi connectivity index (χ1n) is 10.6. The second-order valence-corrected chi connectivity index (χ2v) is 10.1. The van der Waals surface area contributed by atoms with E-state index in [1.54, 1.807) is 42.4 Å². The Hall–Kier alpha value is -3.50. The molecule has 9 nitrogen and oxygen atoms in total. The maximum absolute atomic E-state index is 13.0. The van der Waals surface area contributed by atoms with Gasteiger partial charge in [-0.15, -0.1) is 11.3 Å². The van der Waals surface area contributed by atoms with E-state index in [0.29, 0.717) is 29.2 Å². The topological polar surface area (TPSA) is 105 Å². The molecule has 0 radical (unpaired) electrons. The largest absolute Gasteiger partial charge is 0.472 e. The lowest BCUT2D eigenvalue weighted by molar-refractivity contribution is -0.120. The van der Waals surface area contributed by atoms with E-state index in [1.807, 2.05) is 12.3 Å². The molecule has 0 atom stereocenters. The van der Waals surface area contributed by atoms with Crippen LogP contribution < -0.4 is 10.6 Å². The van der Waals surface area contributed by atoms with Gasteiger partial charge in [-0.1, -0.05) is 13.8 Å². The molecule has 1 fully saturated rings. The second-order valence-electron chi connectivity index (χ2n) is 9.08. The van der Waals surface area contributed by atoms with Crippen molar-refractivity contribution >= 4 is 39.4 Å². The van der Waals surface area contributed by atoms with E-state index in [1.165, 1.54) is 11.3 Å². The van der Waals surface area contributed by atoms with Gasteiger partial charge in [0.2, 0.25) is 5.91 Å². The lowest BCUT2D eigenvalue weighted by Gasteiger charge is -2.45. The molecule has 2 amide bonds. The molecule has 0 bridgehead atoms. The lowest BCUT2D eigenvalue weighted by Crippen LogP contribution is -2.54. The Labute approximate surface area is 194 Å². The number of hydrogen-bond donors (Lipinski definition) is 2. The van der Waals surface area contributed by atoms with Crippen LogP contribution in [0.25, 0.3) is 15.3 Å². The molecule has 1 aliphatic rings. The molecule has 0 saturated carbocycles. The average Bonchev–Trinajstić information content (AvgIpc) is 3.45. The van der Waals surface area contributed by atoms with Gasteiger partial charge in [0, 0.05) is 24.8 Å². The molecule has 0 unspecified atom stereocenters. The van der Waals surface area contributed by atoms with Crippen LogP contribution in [0.2, 0.25) is 0 Å². The summed E-state index contributed by atoms with van der Waals surface area (Å²) in [6.45, 7) is 8.31. The van der Waals surface area contributed by atoms with Crippen molar-refractivity contribution in [3.63, 3.8) is 0 Å². The van der Waals surface area contributed by atoms with Crippen LogP contribution in [0.3, 0.4) is 0 Å². The highest BCUT2D eigenvalue weighted by Crippen LogP contribution is 2.31. The Morgan fingerprint density at radius 3 is 2.79 bits per heavy atom. The fraction of sp³-hybridized carbons (Fsp3) is 0.304. The Kier molecular flexibility index (Phi) is 5.26. The standard InChI is InChI=1S/C23H24N6O3S/c1-14-18(6-16(7-24-14)26-20(30)10-28-12-23(2,3)13-28)27-21(31)17-8-25-29-9-19(33-22(17)29)15-4-5-32-11-15/h4-9,11H,10,12-13H2,1-3H3,(H,26,30)(H,27,31). The minimum atomic E-state index is -0.290. The van der Waals surface area contributed by atoms with Gasteiger partial charge in [0.15, 0.2) is 0 Å². The quantitative estimate of drug-likeness (QED) is 0.449. The van der Waals surface area contributed by atoms with Crippen molar-refractivity contribution < 1.29 is 14.0 Å². The zero-order valence-electron chi connectivity index (χ0n) is 18.6. The van der Waals surface area contributed by atoms with E-state index in [0.717, 1.165) is 28.4 Å². The van der Waals surface area contributed by atoms with Crippen LogP contribution in [0, 0.1) is 12.3 Å². The number of aryl methyl sites for hydroxylation is 1. The maximum Gasteiger partial charge on any atom is 0.260 e. The number of thiazole rings is 1. The van der Waals surface area contributed by atoms with Crippen molar-refractivity contribution in [3.05, 3.63) is 54.5 Å². The number of amides is 2. The Morgan fingerprint density at radius 1 is 1.24 bits per heavy atom. The van der Waals surface area contributed by atoms with Crippen LogP contribution in [-0.4, -0.2) is 50.9 Å². The first-order valence-corrected chi connectivity index (χ1v) is 11.4. The minimum Gasteiger partial charge on any atom is -0.472 e. The number of rotatable bonds is 6. The Balaban J connectivity index is 1.29. The van der Waals surface area contributed by atoms with E-state index in [2.05, 4.69) is 39.5 Å². The van der Waals surface area contributed by atoms with Crippen molar-refractivity contribution in [1.29, 1.82) is 0 Å². The minimum absolute atomic E-state index is 0.0999. The van der Waals surface area contributed by atoms with Crippen LogP contribution >= 0.6 is 11.3 Å². The van der Waals surface area contributed by atoms with Crippen LogP contribution in [0.4, 0.5) is 11.4 Å². The van der Waals surface area contributed by atoms with Crippen LogP contribution in [0.1, 0.15) is 29.9 Å². The zero-order chi connectivity index (χ0) is 23.2. The molecular weight excluding hydrogens is 440 g/mol. The first-order chi connectivity index (χ1) is 15.8. The molecule has 5 rings (SSSR count). The summed E-state index contributed by atoms with van der Waals surface area (Å²) >= 11 is 1.46.